The first-order chi connectivity index (χ1) is 21.3. The number of aliphatic carboxylic acids is 1. The van der Waals surface area contributed by atoms with Gasteiger partial charge in [-0.3, -0.25) is 14.4 Å². The van der Waals surface area contributed by atoms with Crippen LogP contribution in [0.5, 0.6) is 23.0 Å². The Morgan fingerprint density at radius 3 is 1.51 bits per heavy atom. The molecule has 236 valence electrons. The quantitative estimate of drug-likeness (QED) is 0.220. The second kappa shape index (κ2) is 15.0. The second-order valence-electron chi connectivity index (χ2n) is 8.90. The number of hydrogen-bond acceptors (Lipinski definition) is 12. The Balaban J connectivity index is 1.96. The summed E-state index contributed by atoms with van der Waals surface area (Å²) < 4.78 is 44.0. The number of methoxy groups -OCH3 is 2. The van der Waals surface area contributed by atoms with Gasteiger partial charge in [0.05, 0.1) is 25.3 Å². The summed E-state index contributed by atoms with van der Waals surface area (Å²) in [6.45, 7) is 2.28. The highest BCUT2D eigenvalue weighted by Gasteiger charge is 2.41. The lowest BCUT2D eigenvalue weighted by molar-refractivity contribution is -0.157. The molecule has 0 aliphatic heterocycles. The summed E-state index contributed by atoms with van der Waals surface area (Å²) in [4.78, 5) is 74.5. The predicted octanol–water partition coefficient (Wildman–Crippen LogP) is 3.17. The number of halogens is 1. The average Bonchev–Trinajstić information content (AvgIpc) is 2.99. The molecule has 3 aromatic carbocycles. The highest BCUT2D eigenvalue weighted by molar-refractivity contribution is 6.01. The number of esters is 4. The van der Waals surface area contributed by atoms with E-state index in [-0.39, 0.29) is 39.8 Å². The second-order valence-corrected chi connectivity index (χ2v) is 8.90. The van der Waals surface area contributed by atoms with Gasteiger partial charge in [0, 0.05) is 19.5 Å². The molecule has 2 atom stereocenters. The van der Waals surface area contributed by atoms with E-state index in [9.17, 15) is 38.3 Å². The molecule has 15 heteroatoms. The molecule has 0 aliphatic carbocycles. The maximum atomic E-state index is 13.4. The number of carboxylic acids is 1. The van der Waals surface area contributed by atoms with Crippen molar-refractivity contribution in [3.05, 3.63) is 77.6 Å². The molecular weight excluding hydrogens is 601 g/mol. The number of carboxylic acid groups (broad SMARTS) is 1. The van der Waals surface area contributed by atoms with E-state index in [1.807, 2.05) is 0 Å². The number of anilines is 1. The summed E-state index contributed by atoms with van der Waals surface area (Å²) in [5.41, 5.74) is -0.538. The Hall–Kier alpha value is -5.99. The van der Waals surface area contributed by atoms with Crippen molar-refractivity contribution in [2.24, 2.45) is 0 Å². The number of carbonyl (C=O) groups excluding carboxylic acids is 5. The van der Waals surface area contributed by atoms with Crippen molar-refractivity contribution in [1.82, 2.24) is 0 Å². The highest BCUT2D eigenvalue weighted by atomic mass is 19.1. The van der Waals surface area contributed by atoms with Gasteiger partial charge in [0.1, 0.15) is 5.82 Å². The lowest BCUT2D eigenvalue weighted by Gasteiger charge is -2.24. The van der Waals surface area contributed by atoms with Gasteiger partial charge in [-0.05, 0) is 60.7 Å². The zero-order valence-electron chi connectivity index (χ0n) is 24.2. The van der Waals surface area contributed by atoms with Gasteiger partial charge >= 0.3 is 29.8 Å². The molecule has 0 heterocycles. The summed E-state index contributed by atoms with van der Waals surface area (Å²) in [7, 11) is 2.45. The van der Waals surface area contributed by atoms with Crippen LogP contribution in [-0.4, -0.2) is 67.3 Å². The Labute approximate surface area is 254 Å². The minimum absolute atomic E-state index is 0.00360. The fraction of sp³-hybridized carbons (Fsp3) is 0.200. The van der Waals surface area contributed by atoms with Gasteiger partial charge in [0.25, 0.3) is 5.91 Å². The van der Waals surface area contributed by atoms with E-state index < -0.39 is 53.8 Å². The molecule has 0 aliphatic rings. The molecule has 3 aromatic rings. The summed E-state index contributed by atoms with van der Waals surface area (Å²) in [6, 6.07) is 11.2. The third-order valence-electron chi connectivity index (χ3n) is 5.66. The van der Waals surface area contributed by atoms with Crippen LogP contribution in [0.2, 0.25) is 0 Å². The van der Waals surface area contributed by atoms with Gasteiger partial charge in [0.15, 0.2) is 23.0 Å². The fourth-order valence-corrected chi connectivity index (χ4v) is 3.68. The van der Waals surface area contributed by atoms with Crippen molar-refractivity contribution in [2.45, 2.75) is 26.1 Å². The van der Waals surface area contributed by atoms with Crippen molar-refractivity contribution < 1.29 is 66.7 Å². The van der Waals surface area contributed by atoms with Crippen LogP contribution in [0.4, 0.5) is 10.1 Å². The molecular formula is C30H26FNO13. The maximum absolute atomic E-state index is 13.4. The molecule has 0 unspecified atom stereocenters. The number of amides is 1. The zero-order valence-corrected chi connectivity index (χ0v) is 24.2. The van der Waals surface area contributed by atoms with Crippen LogP contribution in [0.3, 0.4) is 0 Å². The van der Waals surface area contributed by atoms with Crippen LogP contribution in [0.25, 0.3) is 0 Å². The van der Waals surface area contributed by atoms with Crippen LogP contribution in [0.1, 0.15) is 34.6 Å². The Morgan fingerprint density at radius 1 is 0.667 bits per heavy atom. The maximum Gasteiger partial charge on any atom is 0.349 e. The highest BCUT2D eigenvalue weighted by Crippen LogP contribution is 2.30. The number of rotatable bonds is 12. The van der Waals surface area contributed by atoms with Crippen LogP contribution in [0.15, 0.2) is 60.7 Å². The molecule has 45 heavy (non-hydrogen) atoms. The number of carbonyl (C=O) groups is 6. The van der Waals surface area contributed by atoms with E-state index >= 15 is 0 Å². The first kappa shape index (κ1) is 33.5. The molecule has 3 rings (SSSR count). The zero-order chi connectivity index (χ0) is 33.3. The Kier molecular flexibility index (Phi) is 11.1. The monoisotopic (exact) mass is 627 g/mol. The lowest BCUT2D eigenvalue weighted by Crippen LogP contribution is -2.48. The Bertz CT molecular complexity index is 1620. The van der Waals surface area contributed by atoms with E-state index in [1.54, 1.807) is 0 Å². The molecule has 0 bridgehead atoms. The third-order valence-corrected chi connectivity index (χ3v) is 5.66. The van der Waals surface area contributed by atoms with Gasteiger partial charge in [-0.15, -0.1) is 0 Å². The molecule has 0 aromatic heterocycles. The average molecular weight is 628 g/mol. The molecule has 1 amide bonds. The van der Waals surface area contributed by atoms with E-state index in [2.05, 4.69) is 5.32 Å². The van der Waals surface area contributed by atoms with Gasteiger partial charge in [-0.1, -0.05) is 0 Å². The van der Waals surface area contributed by atoms with Gasteiger partial charge < -0.3 is 38.8 Å². The number of nitrogens with one attached hydrogen (secondary N) is 1. The molecule has 14 nitrogen and oxygen atoms in total. The van der Waals surface area contributed by atoms with Crippen LogP contribution < -0.4 is 24.3 Å². The normalized spacial score (nSPS) is 11.7. The molecule has 0 radical (unpaired) electrons. The van der Waals surface area contributed by atoms with E-state index in [0.29, 0.717) is 0 Å². The predicted molar refractivity (Wildman–Crippen MR) is 150 cm³/mol. The fourth-order valence-electron chi connectivity index (χ4n) is 3.68. The van der Waals surface area contributed by atoms with E-state index in [1.165, 1.54) is 26.4 Å². The third kappa shape index (κ3) is 9.00. The van der Waals surface area contributed by atoms with E-state index in [0.717, 1.165) is 62.4 Å². The number of hydrogen-bond donors (Lipinski definition) is 2. The largest absolute Gasteiger partial charge is 0.493 e. The molecule has 2 N–H and O–H groups in total. The summed E-state index contributed by atoms with van der Waals surface area (Å²) in [5, 5.41) is 12.3. The van der Waals surface area contributed by atoms with Crippen molar-refractivity contribution in [1.29, 1.82) is 0 Å². The van der Waals surface area contributed by atoms with Crippen LogP contribution >= 0.6 is 0 Å². The topological polar surface area (TPSA) is 190 Å². The standard InChI is InChI=1S/C30H26FNO13/c1-15(33)42-21-11-5-17(13-23(21)40-3)29(38)44-25(27(35)32-20-9-7-19(31)8-10-20)26(28(36)37)45-30(39)18-6-12-22(43-16(2)34)24(14-18)41-4/h5-14,25-26H,1-4H3,(H,32,35)(H,36,37)/t25-,26-/m1/s1. The van der Waals surface area contributed by atoms with E-state index in [4.69, 9.17) is 28.4 Å². The van der Waals surface area contributed by atoms with Gasteiger partial charge in [-0.25, -0.2) is 18.8 Å². The van der Waals surface area contributed by atoms with Crippen molar-refractivity contribution >= 4 is 41.4 Å². The molecule has 0 spiro atoms. The molecule has 0 saturated carbocycles. The summed E-state index contributed by atoms with van der Waals surface area (Å²) in [6.07, 6.45) is -4.71. The van der Waals surface area contributed by atoms with Gasteiger partial charge in [0.2, 0.25) is 12.2 Å². The van der Waals surface area contributed by atoms with Crippen LogP contribution in [0, 0.1) is 5.82 Å². The minimum atomic E-state index is -2.41. The molecule has 0 fully saturated rings. The number of benzene rings is 3. The smallest absolute Gasteiger partial charge is 0.349 e. The van der Waals surface area contributed by atoms with Crippen molar-refractivity contribution in [2.75, 3.05) is 19.5 Å². The van der Waals surface area contributed by atoms with Crippen molar-refractivity contribution in [3.8, 4) is 23.0 Å². The SMILES string of the molecule is COc1cc(C(=O)O[C@@H](C(=O)O)[C@@H](OC(=O)c2ccc(OC(C)=O)c(OC)c2)C(=O)Nc2ccc(F)cc2)ccc1OC(C)=O. The summed E-state index contributed by atoms with van der Waals surface area (Å²) in [5.74, 6) is -7.87. The lowest BCUT2D eigenvalue weighted by atomic mass is 10.1. The van der Waals surface area contributed by atoms with Crippen molar-refractivity contribution in [3.63, 3.8) is 0 Å². The Morgan fingerprint density at radius 2 is 1.11 bits per heavy atom. The number of ether oxygens (including phenoxy) is 6. The first-order valence-electron chi connectivity index (χ1n) is 12.8. The molecule has 0 saturated heterocycles. The van der Waals surface area contributed by atoms with Gasteiger partial charge in [-0.2, -0.15) is 0 Å². The summed E-state index contributed by atoms with van der Waals surface area (Å²) >= 11 is 0. The first-order valence-corrected chi connectivity index (χ1v) is 12.8. The van der Waals surface area contributed by atoms with Crippen LogP contribution in [-0.2, 0) is 28.7 Å². The minimum Gasteiger partial charge on any atom is -0.493 e.